The third-order valence-corrected chi connectivity index (χ3v) is 4.98. The first-order valence-electron chi connectivity index (χ1n) is 9.25. The number of hydroxylamine groups is 2. The van der Waals surface area contributed by atoms with Crippen molar-refractivity contribution in [1.29, 1.82) is 0 Å². The van der Waals surface area contributed by atoms with E-state index in [9.17, 15) is 29.3 Å². The number of carbonyl (C=O) groups excluding carboxylic acids is 4. The zero-order valence-corrected chi connectivity index (χ0v) is 17.0. The average molecular weight is 429 g/mol. The van der Waals surface area contributed by atoms with E-state index < -0.39 is 34.6 Å². The summed E-state index contributed by atoms with van der Waals surface area (Å²) >= 11 is 0. The van der Waals surface area contributed by atoms with Gasteiger partial charge in [-0.25, -0.2) is 9.59 Å². The van der Waals surface area contributed by atoms with Gasteiger partial charge in [-0.3, -0.25) is 19.7 Å². The quantitative estimate of drug-likeness (QED) is 0.319. The van der Waals surface area contributed by atoms with Crippen LogP contribution < -0.4 is 5.32 Å². The van der Waals surface area contributed by atoms with Crippen LogP contribution in [0.4, 0.5) is 5.69 Å². The highest BCUT2D eigenvalue weighted by atomic mass is 16.7. The molecule has 0 radical (unpaired) electrons. The number of nitrogens with zero attached hydrogens (tertiary/aromatic N) is 2. The molecule has 162 valence electrons. The van der Waals surface area contributed by atoms with E-state index in [2.05, 4.69) is 5.32 Å². The molecule has 1 atom stereocenters. The fraction of sp³-hybridized carbons (Fsp3) is 0.300. The Hall–Kier alpha value is -4.02. The lowest BCUT2D eigenvalue weighted by Gasteiger charge is -2.30. The Bertz CT molecular complexity index is 1060. The van der Waals surface area contributed by atoms with Crippen LogP contribution in [0.5, 0.6) is 0 Å². The Morgan fingerprint density at radius 1 is 1.10 bits per heavy atom. The summed E-state index contributed by atoms with van der Waals surface area (Å²) in [5.41, 5.74) is 0.657. The minimum Gasteiger partial charge on any atom is -0.466 e. The summed E-state index contributed by atoms with van der Waals surface area (Å²) in [7, 11) is 1.16. The Morgan fingerprint density at radius 2 is 1.68 bits per heavy atom. The molecule has 1 unspecified atom stereocenters. The van der Waals surface area contributed by atoms with Crippen LogP contribution in [0.3, 0.4) is 0 Å². The molecule has 2 amide bonds. The van der Waals surface area contributed by atoms with Crippen LogP contribution in [0.2, 0.25) is 0 Å². The van der Waals surface area contributed by atoms with Gasteiger partial charge in [-0.15, -0.1) is 5.06 Å². The van der Waals surface area contributed by atoms with Gasteiger partial charge in [0.05, 0.1) is 29.1 Å². The third kappa shape index (κ3) is 4.02. The van der Waals surface area contributed by atoms with E-state index in [-0.39, 0.29) is 35.2 Å². The smallest absolute Gasteiger partial charge is 0.362 e. The molecule has 11 heteroatoms. The molecule has 31 heavy (non-hydrogen) atoms. The summed E-state index contributed by atoms with van der Waals surface area (Å²) in [4.78, 5) is 65.0. The molecule has 1 aromatic rings. The Labute approximate surface area is 176 Å². The molecule has 0 bridgehead atoms. The molecule has 1 saturated heterocycles. The van der Waals surface area contributed by atoms with Gasteiger partial charge in [0.25, 0.3) is 17.5 Å². The summed E-state index contributed by atoms with van der Waals surface area (Å²) in [6, 6.07) is 5.45. The van der Waals surface area contributed by atoms with E-state index in [1.54, 1.807) is 13.8 Å². The number of nitro benzene ring substituents is 1. The van der Waals surface area contributed by atoms with Crippen LogP contribution in [0, 0.1) is 10.1 Å². The van der Waals surface area contributed by atoms with Gasteiger partial charge in [-0.2, -0.15) is 0 Å². The number of nitrogens with one attached hydrogen (secondary N) is 1. The predicted molar refractivity (Wildman–Crippen MR) is 104 cm³/mol. The van der Waals surface area contributed by atoms with Crippen molar-refractivity contribution in [2.75, 3.05) is 7.11 Å². The van der Waals surface area contributed by atoms with Crippen LogP contribution in [0.15, 0.2) is 46.8 Å². The molecule has 1 fully saturated rings. The number of amides is 2. The van der Waals surface area contributed by atoms with Gasteiger partial charge >= 0.3 is 11.9 Å². The molecule has 0 spiro atoms. The maximum atomic E-state index is 13.0. The molecule has 3 rings (SSSR count). The number of nitro groups is 1. The van der Waals surface area contributed by atoms with Gasteiger partial charge in [0, 0.05) is 36.4 Å². The largest absolute Gasteiger partial charge is 0.466 e. The summed E-state index contributed by atoms with van der Waals surface area (Å²) in [5.74, 6) is -4.21. The predicted octanol–water partition coefficient (Wildman–Crippen LogP) is 1.61. The van der Waals surface area contributed by atoms with Crippen LogP contribution in [0.25, 0.3) is 0 Å². The fourth-order valence-corrected chi connectivity index (χ4v) is 3.59. The molecule has 2 aliphatic heterocycles. The molecule has 0 aliphatic carbocycles. The number of dihydropyridines is 1. The van der Waals surface area contributed by atoms with Crippen LogP contribution in [0.1, 0.15) is 38.2 Å². The van der Waals surface area contributed by atoms with Gasteiger partial charge in [-0.1, -0.05) is 12.1 Å². The van der Waals surface area contributed by atoms with Crippen LogP contribution in [-0.2, 0) is 28.8 Å². The van der Waals surface area contributed by atoms with Crippen molar-refractivity contribution in [3.8, 4) is 0 Å². The van der Waals surface area contributed by atoms with E-state index in [1.165, 1.54) is 24.3 Å². The van der Waals surface area contributed by atoms with Crippen molar-refractivity contribution in [2.45, 2.75) is 32.6 Å². The molecule has 0 aromatic heterocycles. The second-order valence-corrected chi connectivity index (χ2v) is 6.94. The Kier molecular flexibility index (Phi) is 5.86. The summed E-state index contributed by atoms with van der Waals surface area (Å²) < 4.78 is 4.86. The number of ether oxygens (including phenoxy) is 1. The molecule has 0 saturated carbocycles. The second-order valence-electron chi connectivity index (χ2n) is 6.94. The highest BCUT2D eigenvalue weighted by molar-refractivity contribution is 6.04. The molecule has 2 aliphatic rings. The number of imide groups is 1. The van der Waals surface area contributed by atoms with Crippen LogP contribution >= 0.6 is 0 Å². The van der Waals surface area contributed by atoms with Gasteiger partial charge in [-0.05, 0) is 19.4 Å². The van der Waals surface area contributed by atoms with Crippen molar-refractivity contribution in [1.82, 2.24) is 10.4 Å². The SMILES string of the molecule is COC(=O)C1=C(C)NC(C)=C(C(=O)ON2C(=O)CCC2=O)C1c1cccc([N+](=O)[O-])c1. The topological polar surface area (TPSA) is 145 Å². The highest BCUT2D eigenvalue weighted by Crippen LogP contribution is 2.40. The van der Waals surface area contributed by atoms with Gasteiger partial charge in [0.15, 0.2) is 0 Å². The second kappa shape index (κ2) is 8.38. The van der Waals surface area contributed by atoms with Gasteiger partial charge in [0.1, 0.15) is 0 Å². The van der Waals surface area contributed by atoms with Crippen LogP contribution in [-0.4, -0.2) is 40.8 Å². The number of allylic oxidation sites excluding steroid dienone is 2. The summed E-state index contributed by atoms with van der Waals surface area (Å²) in [6.07, 6.45) is -0.160. The van der Waals surface area contributed by atoms with E-state index in [0.717, 1.165) is 7.11 Å². The molecule has 11 nitrogen and oxygen atoms in total. The number of esters is 1. The first-order chi connectivity index (χ1) is 14.6. The molecular formula is C20H19N3O8. The highest BCUT2D eigenvalue weighted by Gasteiger charge is 2.41. The normalized spacial score (nSPS) is 18.8. The number of hydrogen-bond donors (Lipinski definition) is 1. The first-order valence-corrected chi connectivity index (χ1v) is 9.25. The number of hydrogen-bond acceptors (Lipinski definition) is 9. The van der Waals surface area contributed by atoms with Crippen molar-refractivity contribution < 1.29 is 33.7 Å². The summed E-state index contributed by atoms with van der Waals surface area (Å²) in [6.45, 7) is 3.14. The lowest BCUT2D eigenvalue weighted by molar-refractivity contribution is -0.384. The number of benzene rings is 1. The zero-order valence-electron chi connectivity index (χ0n) is 17.0. The molecule has 1 N–H and O–H groups in total. The van der Waals surface area contributed by atoms with E-state index in [0.29, 0.717) is 16.5 Å². The number of rotatable bonds is 5. The van der Waals surface area contributed by atoms with Crippen molar-refractivity contribution in [2.24, 2.45) is 0 Å². The fourth-order valence-electron chi connectivity index (χ4n) is 3.59. The maximum absolute atomic E-state index is 13.0. The number of methoxy groups -OCH3 is 1. The zero-order chi connectivity index (χ0) is 22.9. The van der Waals surface area contributed by atoms with E-state index in [1.807, 2.05) is 0 Å². The monoisotopic (exact) mass is 429 g/mol. The minimum atomic E-state index is -1.09. The van der Waals surface area contributed by atoms with Gasteiger partial charge in [0.2, 0.25) is 0 Å². The van der Waals surface area contributed by atoms with Gasteiger partial charge < -0.3 is 14.9 Å². The van der Waals surface area contributed by atoms with E-state index >= 15 is 0 Å². The summed E-state index contributed by atoms with van der Waals surface area (Å²) in [5, 5.41) is 14.6. The number of carbonyl (C=O) groups is 4. The van der Waals surface area contributed by atoms with Crippen molar-refractivity contribution >= 4 is 29.4 Å². The number of non-ortho nitro benzene ring substituents is 1. The molecular weight excluding hydrogens is 410 g/mol. The first kappa shape index (κ1) is 21.7. The Balaban J connectivity index is 2.12. The van der Waals surface area contributed by atoms with Crippen molar-refractivity contribution in [3.05, 3.63) is 62.5 Å². The standard InChI is InChI=1S/C20H19N3O8/c1-10-16(19(26)30-3)18(12-5-4-6-13(9-12)23(28)29)17(11(2)21-10)20(27)31-22-14(24)7-8-15(22)25/h4-6,9,18,21H,7-8H2,1-3H3. The molecule has 2 heterocycles. The minimum absolute atomic E-state index is 0.0413. The molecule has 1 aromatic carbocycles. The average Bonchev–Trinajstić information content (AvgIpc) is 3.04. The lowest BCUT2D eigenvalue weighted by Crippen LogP contribution is -2.37. The van der Waals surface area contributed by atoms with E-state index in [4.69, 9.17) is 9.57 Å². The lowest BCUT2D eigenvalue weighted by atomic mass is 9.80. The van der Waals surface area contributed by atoms with Crippen molar-refractivity contribution in [3.63, 3.8) is 0 Å². The Morgan fingerprint density at radius 3 is 2.23 bits per heavy atom. The maximum Gasteiger partial charge on any atom is 0.362 e. The third-order valence-electron chi connectivity index (χ3n) is 4.98.